The van der Waals surface area contributed by atoms with E-state index < -0.39 is 6.10 Å². The lowest BCUT2D eigenvalue weighted by molar-refractivity contribution is -0.167. The molecular formula is C68H110O6. The Balaban J connectivity index is 4.40. The lowest BCUT2D eigenvalue weighted by Gasteiger charge is -2.18. The van der Waals surface area contributed by atoms with Crippen LogP contribution >= 0.6 is 0 Å². The molecule has 0 bridgehead atoms. The summed E-state index contributed by atoms with van der Waals surface area (Å²) < 4.78 is 16.8. The highest BCUT2D eigenvalue weighted by molar-refractivity contribution is 5.71. The van der Waals surface area contributed by atoms with Gasteiger partial charge in [-0.2, -0.15) is 0 Å². The molecule has 0 amide bonds. The second-order valence-corrected chi connectivity index (χ2v) is 19.5. The third-order valence-electron chi connectivity index (χ3n) is 12.3. The van der Waals surface area contributed by atoms with Crippen molar-refractivity contribution in [3.05, 3.63) is 134 Å². The number of allylic oxidation sites excluding steroid dienone is 22. The van der Waals surface area contributed by atoms with Crippen molar-refractivity contribution in [2.45, 2.75) is 264 Å². The van der Waals surface area contributed by atoms with Crippen LogP contribution in [0.2, 0.25) is 0 Å². The van der Waals surface area contributed by atoms with Gasteiger partial charge in [0.25, 0.3) is 0 Å². The van der Waals surface area contributed by atoms with Crippen molar-refractivity contribution in [3.63, 3.8) is 0 Å². The Morgan fingerprint density at radius 2 is 0.554 bits per heavy atom. The summed E-state index contributed by atoms with van der Waals surface area (Å²) in [6.45, 7) is 6.39. The van der Waals surface area contributed by atoms with Gasteiger partial charge in [0.05, 0.1) is 0 Å². The van der Waals surface area contributed by atoms with Gasteiger partial charge in [0, 0.05) is 19.3 Å². The van der Waals surface area contributed by atoms with Crippen LogP contribution in [0.1, 0.15) is 258 Å². The van der Waals surface area contributed by atoms with E-state index >= 15 is 0 Å². The molecule has 74 heavy (non-hydrogen) atoms. The van der Waals surface area contributed by atoms with Crippen molar-refractivity contribution in [2.75, 3.05) is 13.2 Å². The summed E-state index contributed by atoms with van der Waals surface area (Å²) in [4.78, 5) is 38.1. The predicted molar refractivity (Wildman–Crippen MR) is 320 cm³/mol. The third kappa shape index (κ3) is 58.4. The van der Waals surface area contributed by atoms with E-state index in [1.54, 1.807) is 0 Å². The van der Waals surface area contributed by atoms with E-state index in [1.165, 1.54) is 83.5 Å². The van der Waals surface area contributed by atoms with Crippen LogP contribution in [0.3, 0.4) is 0 Å². The molecule has 0 N–H and O–H groups in total. The number of carbonyl (C=O) groups is 3. The van der Waals surface area contributed by atoms with Gasteiger partial charge < -0.3 is 14.2 Å². The first kappa shape index (κ1) is 69.5. The number of unbranched alkanes of at least 4 members (excludes halogenated alkanes) is 20. The zero-order valence-electron chi connectivity index (χ0n) is 47.8. The first-order valence-electron chi connectivity index (χ1n) is 30.2. The fourth-order valence-corrected chi connectivity index (χ4v) is 7.84. The molecule has 1 unspecified atom stereocenters. The number of hydrogen-bond acceptors (Lipinski definition) is 6. The van der Waals surface area contributed by atoms with Gasteiger partial charge >= 0.3 is 17.9 Å². The Bertz CT molecular complexity index is 1600. The van der Waals surface area contributed by atoms with Gasteiger partial charge in [0.1, 0.15) is 13.2 Å². The first-order chi connectivity index (χ1) is 36.5. The fourth-order valence-electron chi connectivity index (χ4n) is 7.84. The first-order valence-corrected chi connectivity index (χ1v) is 30.2. The monoisotopic (exact) mass is 1020 g/mol. The molecule has 0 aliphatic heterocycles. The van der Waals surface area contributed by atoms with Crippen LogP contribution in [0, 0.1) is 0 Å². The van der Waals surface area contributed by atoms with Crippen molar-refractivity contribution >= 4 is 17.9 Å². The van der Waals surface area contributed by atoms with E-state index in [-0.39, 0.29) is 31.1 Å². The number of carbonyl (C=O) groups excluding carboxylic acids is 3. The Morgan fingerprint density at radius 1 is 0.284 bits per heavy atom. The SMILES string of the molecule is CC/C=C\C/C=C\C/C=C\C/C=C\C/C=C\C/C=C\C/C=C\C/C=C\CCCCC(=O)OCC(COC(=O)CCCCCCC/C=C\CCC)OC(=O)CCCCCCCCCCC/C=C\C/C=C\CCCCC. The molecule has 6 nitrogen and oxygen atoms in total. The van der Waals surface area contributed by atoms with Crippen molar-refractivity contribution in [1.82, 2.24) is 0 Å². The highest BCUT2D eigenvalue weighted by atomic mass is 16.6. The fraction of sp³-hybridized carbons (Fsp3) is 0.632. The van der Waals surface area contributed by atoms with E-state index in [9.17, 15) is 14.4 Å². The predicted octanol–water partition coefficient (Wildman–Crippen LogP) is 20.6. The summed E-state index contributed by atoms with van der Waals surface area (Å²) in [6.07, 6.45) is 86.0. The topological polar surface area (TPSA) is 78.9 Å². The van der Waals surface area contributed by atoms with Crippen LogP contribution in [0.25, 0.3) is 0 Å². The molecule has 0 spiro atoms. The van der Waals surface area contributed by atoms with Crippen molar-refractivity contribution in [1.29, 1.82) is 0 Å². The molecule has 0 fully saturated rings. The van der Waals surface area contributed by atoms with Crippen LogP contribution < -0.4 is 0 Å². The number of rotatable bonds is 53. The molecule has 6 heteroatoms. The average molecular weight is 1020 g/mol. The van der Waals surface area contributed by atoms with E-state index in [2.05, 4.69) is 154 Å². The van der Waals surface area contributed by atoms with Gasteiger partial charge in [-0.25, -0.2) is 0 Å². The molecule has 0 rings (SSSR count). The molecule has 0 aliphatic carbocycles. The summed E-state index contributed by atoms with van der Waals surface area (Å²) in [5, 5.41) is 0. The Morgan fingerprint density at radius 3 is 0.919 bits per heavy atom. The quantitative estimate of drug-likeness (QED) is 0.0261. The van der Waals surface area contributed by atoms with Gasteiger partial charge in [-0.05, 0) is 135 Å². The molecule has 0 aromatic rings. The van der Waals surface area contributed by atoms with E-state index in [0.717, 1.165) is 128 Å². The number of esters is 3. The van der Waals surface area contributed by atoms with Crippen LogP contribution in [0.4, 0.5) is 0 Å². The zero-order chi connectivity index (χ0) is 53.6. The average Bonchev–Trinajstić information content (AvgIpc) is 3.40. The largest absolute Gasteiger partial charge is 0.462 e. The molecule has 0 radical (unpaired) electrons. The van der Waals surface area contributed by atoms with Crippen LogP contribution in [0.15, 0.2) is 134 Å². The van der Waals surface area contributed by atoms with Gasteiger partial charge in [0.2, 0.25) is 0 Å². The molecule has 1 atom stereocenters. The summed E-state index contributed by atoms with van der Waals surface area (Å²) in [7, 11) is 0. The lowest BCUT2D eigenvalue weighted by atomic mass is 10.1. The minimum atomic E-state index is -0.806. The minimum absolute atomic E-state index is 0.102. The highest BCUT2D eigenvalue weighted by Gasteiger charge is 2.19. The molecule has 0 saturated carbocycles. The summed E-state index contributed by atoms with van der Waals surface area (Å²) in [5.74, 6) is -0.964. The molecule has 0 aromatic heterocycles. The molecular weight excluding hydrogens is 913 g/mol. The molecule has 0 saturated heterocycles. The maximum absolute atomic E-state index is 12.9. The lowest BCUT2D eigenvalue weighted by Crippen LogP contribution is -2.30. The Kier molecular flexibility index (Phi) is 57.4. The second kappa shape index (κ2) is 61.1. The number of hydrogen-bond donors (Lipinski definition) is 0. The van der Waals surface area contributed by atoms with Gasteiger partial charge in [0.15, 0.2) is 6.10 Å². The number of ether oxygens (including phenoxy) is 3. The Labute approximate surface area is 455 Å². The molecule has 0 aromatic carbocycles. The molecule has 0 aliphatic rings. The van der Waals surface area contributed by atoms with Crippen molar-refractivity contribution in [2.24, 2.45) is 0 Å². The smallest absolute Gasteiger partial charge is 0.306 e. The van der Waals surface area contributed by atoms with E-state index in [4.69, 9.17) is 14.2 Å². The van der Waals surface area contributed by atoms with E-state index in [1.807, 2.05) is 0 Å². The van der Waals surface area contributed by atoms with Crippen molar-refractivity contribution < 1.29 is 28.6 Å². The highest BCUT2D eigenvalue weighted by Crippen LogP contribution is 2.14. The minimum Gasteiger partial charge on any atom is -0.462 e. The maximum atomic E-state index is 12.9. The zero-order valence-corrected chi connectivity index (χ0v) is 47.8. The van der Waals surface area contributed by atoms with Crippen LogP contribution in [-0.2, 0) is 28.6 Å². The summed E-state index contributed by atoms with van der Waals surface area (Å²) in [5.41, 5.74) is 0. The standard InChI is InChI=1S/C68H110O6/c1-4-7-10-13-16-19-22-24-26-28-30-31-32-33-34-35-36-37-39-40-42-44-46-49-52-55-58-61-67(70)73-64-65(63-72-66(69)60-57-54-51-48-21-18-15-12-9-6-3)74-68(71)62-59-56-53-50-47-45-43-41-38-29-27-25-23-20-17-14-11-8-5-2/h7,10,12,15-17,19-20,24-27,30-31,33-34,36-37,40,42,46,49,65H,4-6,8-9,11,13-14,18,21-23,28-29,32,35,38-39,41,43-45,47-48,50-64H2,1-3H3/b10-7-,15-12-,19-16-,20-17-,26-24-,27-25-,31-30-,34-33-,37-36-,42-40-,49-46-. The molecule has 0 heterocycles. The van der Waals surface area contributed by atoms with Crippen LogP contribution in [-0.4, -0.2) is 37.2 Å². The maximum Gasteiger partial charge on any atom is 0.306 e. The van der Waals surface area contributed by atoms with Gasteiger partial charge in [-0.15, -0.1) is 0 Å². The van der Waals surface area contributed by atoms with Crippen LogP contribution in [0.5, 0.6) is 0 Å². The second-order valence-electron chi connectivity index (χ2n) is 19.5. The summed E-state index contributed by atoms with van der Waals surface area (Å²) >= 11 is 0. The van der Waals surface area contributed by atoms with E-state index in [0.29, 0.717) is 25.7 Å². The normalized spacial score (nSPS) is 13.1. The van der Waals surface area contributed by atoms with Crippen molar-refractivity contribution in [3.8, 4) is 0 Å². The van der Waals surface area contributed by atoms with Gasteiger partial charge in [-0.3, -0.25) is 14.4 Å². The Hall–Kier alpha value is -4.45. The third-order valence-corrected chi connectivity index (χ3v) is 12.3. The van der Waals surface area contributed by atoms with Gasteiger partial charge in [-0.1, -0.05) is 238 Å². The summed E-state index contributed by atoms with van der Waals surface area (Å²) in [6, 6.07) is 0. The molecule has 418 valence electrons.